The smallest absolute Gasteiger partial charge is 0.350 e. The number of nitrogen functional groups attached to an aromatic ring is 1. The molecule has 0 amide bonds. The van der Waals surface area contributed by atoms with Crippen LogP contribution in [0.2, 0.25) is 0 Å². The molecule has 3 heterocycles. The van der Waals surface area contributed by atoms with Gasteiger partial charge < -0.3 is 10.3 Å². The summed E-state index contributed by atoms with van der Waals surface area (Å²) in [5.41, 5.74) is 11.1. The third-order valence-corrected chi connectivity index (χ3v) is 6.22. The van der Waals surface area contributed by atoms with Crippen molar-refractivity contribution in [1.29, 1.82) is 0 Å². The van der Waals surface area contributed by atoms with E-state index in [1.54, 1.807) is 18.3 Å². The molecule has 5 aromatic rings. The van der Waals surface area contributed by atoms with Crippen LogP contribution in [0.5, 0.6) is 0 Å². The summed E-state index contributed by atoms with van der Waals surface area (Å²) in [5.74, 6) is 0.499. The lowest BCUT2D eigenvalue weighted by atomic mass is 10.0. The summed E-state index contributed by atoms with van der Waals surface area (Å²) in [7, 11) is 1.85. The highest BCUT2D eigenvalue weighted by molar-refractivity contribution is 6.00. The molecule has 0 aliphatic rings. The highest BCUT2D eigenvalue weighted by atomic mass is 19.1. The van der Waals surface area contributed by atoms with Crippen molar-refractivity contribution in [2.75, 3.05) is 5.73 Å². The Kier molecular flexibility index (Phi) is 5.91. The largest absolute Gasteiger partial charge is 0.383 e. The van der Waals surface area contributed by atoms with Crippen LogP contribution in [0.3, 0.4) is 0 Å². The van der Waals surface area contributed by atoms with Gasteiger partial charge in [-0.15, -0.1) is 0 Å². The lowest BCUT2D eigenvalue weighted by Gasteiger charge is -2.07. The van der Waals surface area contributed by atoms with E-state index in [4.69, 9.17) is 5.73 Å². The van der Waals surface area contributed by atoms with Gasteiger partial charge in [0.2, 0.25) is 0 Å². The number of halogens is 1. The molecule has 0 saturated carbocycles. The number of aryl methyl sites for hydroxylation is 4. The number of aromatic nitrogens is 6. The van der Waals surface area contributed by atoms with Crippen LogP contribution < -0.4 is 11.4 Å². The molecule has 0 atom stereocenters. The highest BCUT2D eigenvalue weighted by Gasteiger charge is 2.19. The summed E-state index contributed by atoms with van der Waals surface area (Å²) < 4.78 is 20.0. The minimum absolute atomic E-state index is 0.323. The highest BCUT2D eigenvalue weighted by Crippen LogP contribution is 2.34. The zero-order valence-electron chi connectivity index (χ0n) is 20.8. The lowest BCUT2D eigenvalue weighted by molar-refractivity contribution is 0.628. The SMILES string of the molecule is CCCc1nc(N)c2c(-c3ccc(-n4ncn(Cc5cc(C)cc(C)c5)c4=O)cc3F)cn(C)c2n1. The predicted molar refractivity (Wildman–Crippen MR) is 139 cm³/mol. The normalized spacial score (nSPS) is 11.5. The van der Waals surface area contributed by atoms with Crippen LogP contribution in [0.15, 0.2) is 53.7 Å². The lowest BCUT2D eigenvalue weighted by Crippen LogP contribution is -2.24. The predicted octanol–water partition coefficient (Wildman–Crippen LogP) is 4.32. The molecule has 0 fully saturated rings. The van der Waals surface area contributed by atoms with Crippen LogP contribution in [0.25, 0.3) is 27.8 Å². The number of rotatable bonds is 6. The second-order valence-electron chi connectivity index (χ2n) is 9.24. The topological polar surface area (TPSA) is 96.5 Å². The van der Waals surface area contributed by atoms with E-state index in [-0.39, 0.29) is 5.69 Å². The molecule has 184 valence electrons. The maximum atomic E-state index is 15.4. The monoisotopic (exact) mass is 485 g/mol. The Bertz CT molecular complexity index is 1640. The quantitative estimate of drug-likeness (QED) is 0.386. The van der Waals surface area contributed by atoms with Gasteiger partial charge in [0.05, 0.1) is 17.6 Å². The Balaban J connectivity index is 1.51. The van der Waals surface area contributed by atoms with Gasteiger partial charge in [-0.3, -0.25) is 4.57 Å². The average molecular weight is 486 g/mol. The van der Waals surface area contributed by atoms with Gasteiger partial charge in [0.15, 0.2) is 0 Å². The summed E-state index contributed by atoms with van der Waals surface area (Å²) >= 11 is 0. The van der Waals surface area contributed by atoms with E-state index in [9.17, 15) is 4.79 Å². The Morgan fingerprint density at radius 3 is 2.47 bits per heavy atom. The molecule has 0 unspecified atom stereocenters. The van der Waals surface area contributed by atoms with Gasteiger partial charge in [0.25, 0.3) is 0 Å². The Labute approximate surface area is 207 Å². The molecule has 5 rings (SSSR count). The van der Waals surface area contributed by atoms with E-state index in [0.29, 0.717) is 52.5 Å². The molecule has 8 nitrogen and oxygen atoms in total. The third-order valence-electron chi connectivity index (χ3n) is 6.22. The maximum absolute atomic E-state index is 15.4. The number of benzene rings is 2. The Morgan fingerprint density at radius 2 is 1.78 bits per heavy atom. The minimum atomic E-state index is -0.493. The van der Waals surface area contributed by atoms with Crippen molar-refractivity contribution in [2.45, 2.75) is 40.2 Å². The van der Waals surface area contributed by atoms with Crippen LogP contribution in [-0.4, -0.2) is 28.9 Å². The van der Waals surface area contributed by atoms with Crippen molar-refractivity contribution in [2.24, 2.45) is 7.05 Å². The van der Waals surface area contributed by atoms with Crippen LogP contribution in [0, 0.1) is 19.7 Å². The average Bonchev–Trinajstić information content (AvgIpc) is 3.33. The van der Waals surface area contributed by atoms with Gasteiger partial charge >= 0.3 is 5.69 Å². The van der Waals surface area contributed by atoms with Crippen molar-refractivity contribution in [3.63, 3.8) is 0 Å². The fourth-order valence-electron chi connectivity index (χ4n) is 4.72. The molecule has 0 radical (unpaired) electrons. The first kappa shape index (κ1) is 23.5. The second kappa shape index (κ2) is 9.07. The molecule has 9 heteroatoms. The maximum Gasteiger partial charge on any atom is 0.350 e. The van der Waals surface area contributed by atoms with E-state index in [1.807, 2.05) is 37.6 Å². The number of nitrogens with zero attached hydrogens (tertiary/aromatic N) is 6. The number of nitrogens with two attached hydrogens (primary N) is 1. The van der Waals surface area contributed by atoms with Crippen LogP contribution in [-0.2, 0) is 20.0 Å². The molecule has 2 N–H and O–H groups in total. The molecule has 0 saturated heterocycles. The van der Waals surface area contributed by atoms with Crippen LogP contribution in [0.4, 0.5) is 10.2 Å². The number of hydrogen-bond donors (Lipinski definition) is 1. The van der Waals surface area contributed by atoms with Crippen molar-refractivity contribution in [3.05, 3.63) is 87.7 Å². The van der Waals surface area contributed by atoms with Gasteiger partial charge in [-0.2, -0.15) is 9.78 Å². The van der Waals surface area contributed by atoms with Crippen molar-refractivity contribution >= 4 is 16.9 Å². The summed E-state index contributed by atoms with van der Waals surface area (Å²) in [6, 6.07) is 10.8. The third kappa shape index (κ3) is 4.17. The first-order valence-corrected chi connectivity index (χ1v) is 11.9. The van der Waals surface area contributed by atoms with Gasteiger partial charge in [-0.25, -0.2) is 19.2 Å². The van der Waals surface area contributed by atoms with Gasteiger partial charge in [-0.05, 0) is 38.0 Å². The molecular weight excluding hydrogens is 457 g/mol. The molecular formula is C27H28FN7O. The second-order valence-corrected chi connectivity index (χ2v) is 9.24. The van der Waals surface area contributed by atoms with E-state index in [0.717, 1.165) is 23.1 Å². The molecule has 3 aromatic heterocycles. The van der Waals surface area contributed by atoms with Gasteiger partial charge in [-0.1, -0.05) is 36.2 Å². The van der Waals surface area contributed by atoms with Crippen molar-refractivity contribution < 1.29 is 4.39 Å². The molecule has 2 aromatic carbocycles. The fourth-order valence-corrected chi connectivity index (χ4v) is 4.72. The Hall–Kier alpha value is -4.27. The van der Waals surface area contributed by atoms with E-state index in [2.05, 4.69) is 28.1 Å². The fraction of sp³-hybridized carbons (Fsp3) is 0.259. The van der Waals surface area contributed by atoms with E-state index in [1.165, 1.54) is 21.6 Å². The molecule has 0 aliphatic carbocycles. The molecule has 0 bridgehead atoms. The summed E-state index contributed by atoms with van der Waals surface area (Å²) in [6.07, 6.45) is 4.89. The van der Waals surface area contributed by atoms with E-state index >= 15 is 4.39 Å². The van der Waals surface area contributed by atoms with Crippen LogP contribution in [0.1, 0.15) is 35.9 Å². The first-order valence-electron chi connectivity index (χ1n) is 11.9. The summed E-state index contributed by atoms with van der Waals surface area (Å²) in [5, 5.41) is 4.83. The minimum Gasteiger partial charge on any atom is -0.383 e. The van der Waals surface area contributed by atoms with Crippen molar-refractivity contribution in [1.82, 2.24) is 28.9 Å². The zero-order chi connectivity index (χ0) is 25.6. The summed E-state index contributed by atoms with van der Waals surface area (Å²) in [4.78, 5) is 22.1. The standard InChI is InChI=1S/C27H28FN7O/c1-5-6-23-31-25(29)24-21(14-33(4)26(24)32-23)20-8-7-19(12-22(20)28)35-27(36)34(15-30-35)13-18-10-16(2)9-17(3)11-18/h7-12,14-15H,5-6,13H2,1-4H3,(H2,29,31,32). The van der Waals surface area contributed by atoms with Crippen molar-refractivity contribution in [3.8, 4) is 16.8 Å². The summed E-state index contributed by atoms with van der Waals surface area (Å²) in [6.45, 7) is 6.48. The number of anilines is 1. The van der Waals surface area contributed by atoms with Gasteiger partial charge in [0.1, 0.15) is 29.4 Å². The Morgan fingerprint density at radius 1 is 1.03 bits per heavy atom. The number of hydrogen-bond acceptors (Lipinski definition) is 5. The molecule has 0 aliphatic heterocycles. The number of fused-ring (bicyclic) bond motifs is 1. The van der Waals surface area contributed by atoms with Crippen LogP contribution >= 0.6 is 0 Å². The molecule has 36 heavy (non-hydrogen) atoms. The van der Waals surface area contributed by atoms with Gasteiger partial charge in [0, 0.05) is 36.9 Å². The first-order chi connectivity index (χ1) is 17.2. The zero-order valence-corrected chi connectivity index (χ0v) is 20.8. The van der Waals surface area contributed by atoms with E-state index < -0.39 is 5.82 Å². The molecule has 0 spiro atoms.